The Morgan fingerprint density at radius 1 is 1.53 bits per heavy atom. The number of hydrogen-bond donors (Lipinski definition) is 1. The minimum absolute atomic E-state index is 0.0172. The van der Waals surface area contributed by atoms with E-state index in [1.165, 1.54) is 0 Å². The molecule has 1 amide bonds. The number of H-pyrrole nitrogens is 1. The van der Waals surface area contributed by atoms with Crippen molar-refractivity contribution in [2.75, 3.05) is 20.3 Å². The number of imidazole rings is 1. The standard InChI is InChI=1S/C14H19N3O2/c1-4-17(10(2)8-19-3)14(18)11-5-6-12-13(7-11)16-9-15-12/h5-7,9-10H,4,8H2,1-3H3,(H,15,16). The summed E-state index contributed by atoms with van der Waals surface area (Å²) in [5.74, 6) is 0.0172. The fourth-order valence-electron chi connectivity index (χ4n) is 2.22. The van der Waals surface area contributed by atoms with Crippen molar-refractivity contribution in [2.45, 2.75) is 19.9 Å². The first-order valence-corrected chi connectivity index (χ1v) is 6.40. The molecule has 1 aromatic carbocycles. The van der Waals surface area contributed by atoms with Crippen LogP contribution in [0.15, 0.2) is 24.5 Å². The van der Waals surface area contributed by atoms with Crippen molar-refractivity contribution in [3.8, 4) is 0 Å². The average molecular weight is 261 g/mol. The average Bonchev–Trinajstić information content (AvgIpc) is 2.86. The van der Waals surface area contributed by atoms with E-state index in [0.717, 1.165) is 11.0 Å². The molecule has 0 saturated heterocycles. The smallest absolute Gasteiger partial charge is 0.254 e. The molecule has 0 radical (unpaired) electrons. The lowest BCUT2D eigenvalue weighted by Gasteiger charge is -2.27. The van der Waals surface area contributed by atoms with Crippen LogP contribution in [0.3, 0.4) is 0 Å². The predicted molar refractivity (Wildman–Crippen MR) is 74.1 cm³/mol. The number of likely N-dealkylation sites (N-methyl/N-ethyl adjacent to an activating group) is 1. The first kappa shape index (κ1) is 13.5. The number of hydrogen-bond acceptors (Lipinski definition) is 3. The molecule has 5 nitrogen and oxygen atoms in total. The van der Waals surface area contributed by atoms with Crippen LogP contribution in [-0.2, 0) is 4.74 Å². The van der Waals surface area contributed by atoms with Crippen molar-refractivity contribution in [2.24, 2.45) is 0 Å². The summed E-state index contributed by atoms with van der Waals surface area (Å²) in [5.41, 5.74) is 2.41. The monoisotopic (exact) mass is 261 g/mol. The molecule has 1 aromatic heterocycles. The molecular formula is C14H19N3O2. The molecule has 1 unspecified atom stereocenters. The number of carbonyl (C=O) groups is 1. The Kier molecular flexibility index (Phi) is 4.16. The third-order valence-corrected chi connectivity index (χ3v) is 3.21. The summed E-state index contributed by atoms with van der Waals surface area (Å²) in [6.07, 6.45) is 1.63. The summed E-state index contributed by atoms with van der Waals surface area (Å²) in [7, 11) is 1.64. The SMILES string of the molecule is CCN(C(=O)c1ccc2nc[nH]c2c1)C(C)COC. The molecule has 2 aromatic rings. The zero-order valence-electron chi connectivity index (χ0n) is 11.5. The summed E-state index contributed by atoms with van der Waals surface area (Å²) in [6, 6.07) is 5.56. The number of nitrogens with zero attached hydrogens (tertiary/aromatic N) is 2. The number of aromatic amines is 1. The van der Waals surface area contributed by atoms with E-state index in [0.29, 0.717) is 18.7 Å². The van der Waals surface area contributed by atoms with Gasteiger partial charge in [-0.25, -0.2) is 4.98 Å². The largest absolute Gasteiger partial charge is 0.383 e. The van der Waals surface area contributed by atoms with Gasteiger partial charge in [0.25, 0.3) is 5.91 Å². The van der Waals surface area contributed by atoms with Gasteiger partial charge in [-0.1, -0.05) is 0 Å². The maximum Gasteiger partial charge on any atom is 0.254 e. The van der Waals surface area contributed by atoms with Gasteiger partial charge in [0, 0.05) is 19.2 Å². The van der Waals surface area contributed by atoms with Gasteiger partial charge < -0.3 is 14.6 Å². The van der Waals surface area contributed by atoms with Gasteiger partial charge >= 0.3 is 0 Å². The molecule has 19 heavy (non-hydrogen) atoms. The molecule has 0 bridgehead atoms. The van der Waals surface area contributed by atoms with Crippen LogP contribution in [-0.4, -0.2) is 47.1 Å². The topological polar surface area (TPSA) is 58.2 Å². The predicted octanol–water partition coefficient (Wildman–Crippen LogP) is 2.06. The Hall–Kier alpha value is -1.88. The zero-order chi connectivity index (χ0) is 13.8. The molecule has 1 atom stereocenters. The lowest BCUT2D eigenvalue weighted by molar-refractivity contribution is 0.0579. The highest BCUT2D eigenvalue weighted by Crippen LogP contribution is 2.15. The highest BCUT2D eigenvalue weighted by Gasteiger charge is 2.20. The maximum atomic E-state index is 12.5. The van der Waals surface area contributed by atoms with Crippen molar-refractivity contribution in [1.82, 2.24) is 14.9 Å². The van der Waals surface area contributed by atoms with Crippen LogP contribution in [0.1, 0.15) is 24.2 Å². The molecule has 0 aliphatic carbocycles. The number of carbonyl (C=O) groups excluding carboxylic acids is 1. The molecule has 0 aliphatic rings. The quantitative estimate of drug-likeness (QED) is 0.896. The van der Waals surface area contributed by atoms with E-state index in [1.807, 2.05) is 32.0 Å². The van der Waals surface area contributed by atoms with E-state index in [-0.39, 0.29) is 11.9 Å². The summed E-state index contributed by atoms with van der Waals surface area (Å²) in [5, 5.41) is 0. The van der Waals surface area contributed by atoms with E-state index in [2.05, 4.69) is 9.97 Å². The van der Waals surface area contributed by atoms with E-state index in [9.17, 15) is 4.79 Å². The molecule has 1 N–H and O–H groups in total. The Labute approximate surface area is 112 Å². The van der Waals surface area contributed by atoms with Crippen LogP contribution in [0.5, 0.6) is 0 Å². The Balaban J connectivity index is 2.25. The molecule has 0 aliphatic heterocycles. The van der Waals surface area contributed by atoms with Gasteiger partial charge in [-0.3, -0.25) is 4.79 Å². The van der Waals surface area contributed by atoms with Crippen molar-refractivity contribution in [3.63, 3.8) is 0 Å². The minimum Gasteiger partial charge on any atom is -0.383 e. The van der Waals surface area contributed by atoms with Gasteiger partial charge in [0.05, 0.1) is 30.0 Å². The summed E-state index contributed by atoms with van der Waals surface area (Å²) < 4.78 is 5.12. The lowest BCUT2D eigenvalue weighted by Crippen LogP contribution is -2.40. The molecule has 0 saturated carbocycles. The normalized spacial score (nSPS) is 12.6. The number of nitrogens with one attached hydrogen (secondary N) is 1. The summed E-state index contributed by atoms with van der Waals surface area (Å²) in [6.45, 7) is 5.15. The molecule has 1 heterocycles. The van der Waals surface area contributed by atoms with Crippen LogP contribution in [0, 0.1) is 0 Å². The van der Waals surface area contributed by atoms with Gasteiger partial charge in [-0.05, 0) is 32.0 Å². The first-order chi connectivity index (χ1) is 9.17. The van der Waals surface area contributed by atoms with Crippen LogP contribution < -0.4 is 0 Å². The van der Waals surface area contributed by atoms with Crippen LogP contribution in [0.4, 0.5) is 0 Å². The van der Waals surface area contributed by atoms with Gasteiger partial charge in [0.1, 0.15) is 0 Å². The lowest BCUT2D eigenvalue weighted by atomic mass is 10.1. The van der Waals surface area contributed by atoms with E-state index in [1.54, 1.807) is 18.3 Å². The van der Waals surface area contributed by atoms with Crippen LogP contribution in [0.25, 0.3) is 11.0 Å². The highest BCUT2D eigenvalue weighted by molar-refractivity contribution is 5.97. The fourth-order valence-corrected chi connectivity index (χ4v) is 2.22. The van der Waals surface area contributed by atoms with Crippen molar-refractivity contribution in [3.05, 3.63) is 30.1 Å². The Bertz CT molecular complexity index is 565. The number of ether oxygens (including phenoxy) is 1. The number of aromatic nitrogens is 2. The molecular weight excluding hydrogens is 242 g/mol. The fraction of sp³-hybridized carbons (Fsp3) is 0.429. The molecule has 2 rings (SSSR count). The zero-order valence-corrected chi connectivity index (χ0v) is 11.5. The number of benzene rings is 1. The second kappa shape index (κ2) is 5.84. The first-order valence-electron chi connectivity index (χ1n) is 6.40. The summed E-state index contributed by atoms with van der Waals surface area (Å²) >= 11 is 0. The summed E-state index contributed by atoms with van der Waals surface area (Å²) in [4.78, 5) is 21.5. The van der Waals surface area contributed by atoms with Crippen molar-refractivity contribution in [1.29, 1.82) is 0 Å². The number of rotatable bonds is 5. The van der Waals surface area contributed by atoms with Gasteiger partial charge in [0.15, 0.2) is 0 Å². The van der Waals surface area contributed by atoms with Gasteiger partial charge in [-0.15, -0.1) is 0 Å². The second-order valence-corrected chi connectivity index (χ2v) is 4.53. The molecule has 0 fully saturated rings. The number of fused-ring (bicyclic) bond motifs is 1. The molecule has 5 heteroatoms. The minimum atomic E-state index is 0.0172. The second-order valence-electron chi connectivity index (χ2n) is 4.53. The Morgan fingerprint density at radius 3 is 3.00 bits per heavy atom. The van der Waals surface area contributed by atoms with Crippen LogP contribution >= 0.6 is 0 Å². The third kappa shape index (κ3) is 2.76. The van der Waals surface area contributed by atoms with Gasteiger partial charge in [-0.2, -0.15) is 0 Å². The third-order valence-electron chi connectivity index (χ3n) is 3.21. The Morgan fingerprint density at radius 2 is 2.32 bits per heavy atom. The van der Waals surface area contributed by atoms with E-state index < -0.39 is 0 Å². The molecule has 0 spiro atoms. The molecule has 102 valence electrons. The van der Waals surface area contributed by atoms with Crippen molar-refractivity contribution < 1.29 is 9.53 Å². The van der Waals surface area contributed by atoms with Crippen molar-refractivity contribution >= 4 is 16.9 Å². The van der Waals surface area contributed by atoms with Crippen LogP contribution in [0.2, 0.25) is 0 Å². The number of amides is 1. The van der Waals surface area contributed by atoms with Gasteiger partial charge in [0.2, 0.25) is 0 Å². The number of methoxy groups -OCH3 is 1. The highest BCUT2D eigenvalue weighted by atomic mass is 16.5. The van der Waals surface area contributed by atoms with E-state index in [4.69, 9.17) is 4.74 Å². The van der Waals surface area contributed by atoms with E-state index >= 15 is 0 Å². The maximum absolute atomic E-state index is 12.5.